The predicted octanol–water partition coefficient (Wildman–Crippen LogP) is 3.66. The summed E-state index contributed by atoms with van der Waals surface area (Å²) in [6, 6.07) is 14.1. The van der Waals surface area contributed by atoms with Crippen LogP contribution in [0.25, 0.3) is 0 Å². The third-order valence-electron chi connectivity index (χ3n) is 4.89. The largest absolute Gasteiger partial charge is 0.385 e. The highest BCUT2D eigenvalue weighted by molar-refractivity contribution is 7.82. The van der Waals surface area contributed by atoms with Crippen molar-refractivity contribution < 1.29 is 8.60 Å². The lowest BCUT2D eigenvalue weighted by Gasteiger charge is -2.07. The fraction of sp³-hybridized carbons (Fsp3) is 0.333. The topological polar surface area (TPSA) is 55.1 Å². The first-order valence-corrected chi connectivity index (χ1v) is 8.86. The van der Waals surface area contributed by atoms with Gasteiger partial charge in [-0.25, -0.2) is 13.7 Å². The summed E-state index contributed by atoms with van der Waals surface area (Å²) in [6.07, 6.45) is 0. The predicted molar refractivity (Wildman–Crippen MR) is 91.9 cm³/mol. The second kappa shape index (κ2) is 6.06. The van der Waals surface area contributed by atoms with Crippen LogP contribution in [0.2, 0.25) is 0 Å². The number of halogens is 1. The van der Waals surface area contributed by atoms with Gasteiger partial charge in [-0.2, -0.15) is 0 Å². The molecule has 2 aromatic rings. The first kappa shape index (κ1) is 16.1. The molecule has 3 N–H and O–H groups in total. The molecule has 0 heterocycles. The highest BCUT2D eigenvalue weighted by atomic mass is 32.2. The van der Waals surface area contributed by atoms with Gasteiger partial charge in [0.2, 0.25) is 0 Å². The molecule has 1 saturated carbocycles. The van der Waals surface area contributed by atoms with E-state index in [2.05, 4.69) is 19.2 Å². The van der Waals surface area contributed by atoms with Gasteiger partial charge in [-0.15, -0.1) is 0 Å². The third-order valence-corrected chi connectivity index (χ3v) is 5.63. The van der Waals surface area contributed by atoms with Gasteiger partial charge in [0.1, 0.15) is 16.8 Å². The van der Waals surface area contributed by atoms with E-state index in [0.29, 0.717) is 16.7 Å². The van der Waals surface area contributed by atoms with Crippen molar-refractivity contribution in [2.24, 2.45) is 16.5 Å². The number of rotatable bonds is 5. The summed E-state index contributed by atoms with van der Waals surface area (Å²) in [4.78, 5) is 0.646. The lowest BCUT2D eigenvalue weighted by atomic mass is 10.0. The maximum absolute atomic E-state index is 12.9. The number of hydrogen-bond donors (Lipinski definition) is 2. The summed E-state index contributed by atoms with van der Waals surface area (Å²) in [5.41, 5.74) is 2.38. The minimum absolute atomic E-state index is 0.205. The van der Waals surface area contributed by atoms with Crippen LogP contribution in [0.15, 0.2) is 53.4 Å². The lowest BCUT2D eigenvalue weighted by molar-refractivity contribution is 0.565. The minimum Gasteiger partial charge on any atom is -0.385 e. The highest BCUT2D eigenvalue weighted by Crippen LogP contribution is 2.64. The fourth-order valence-electron chi connectivity index (χ4n) is 3.39. The smallest absolute Gasteiger partial charge is 0.123 e. The van der Waals surface area contributed by atoms with Crippen LogP contribution in [0, 0.1) is 17.2 Å². The van der Waals surface area contributed by atoms with Crippen molar-refractivity contribution >= 4 is 16.7 Å². The maximum atomic E-state index is 12.9. The van der Waals surface area contributed by atoms with Crippen molar-refractivity contribution in [2.75, 3.05) is 11.9 Å². The molecule has 0 bridgehead atoms. The molecule has 2 aromatic carbocycles. The molecule has 3 atom stereocenters. The van der Waals surface area contributed by atoms with Gasteiger partial charge in [0.05, 0.1) is 4.90 Å². The normalized spacial score (nSPS) is 23.3. The molecule has 0 amide bonds. The van der Waals surface area contributed by atoms with Gasteiger partial charge in [-0.3, -0.25) is 0 Å². The SMILES string of the molecule is CC1(C)C(CNc2ccc(F)cc2)C1c1ccc(S(N)=O)cc1. The third kappa shape index (κ3) is 3.31. The molecule has 0 saturated heterocycles. The molecule has 3 rings (SSSR count). The van der Waals surface area contributed by atoms with E-state index < -0.39 is 11.0 Å². The Bertz CT molecular complexity index is 713. The average molecular weight is 332 g/mol. The fourth-order valence-corrected chi connectivity index (χ4v) is 3.80. The van der Waals surface area contributed by atoms with Crippen LogP contribution in [-0.4, -0.2) is 10.8 Å². The Hall–Kier alpha value is -1.72. The van der Waals surface area contributed by atoms with Crippen LogP contribution in [0.3, 0.4) is 0 Å². The lowest BCUT2D eigenvalue weighted by Crippen LogP contribution is -2.07. The zero-order chi connectivity index (χ0) is 16.6. The Morgan fingerprint density at radius 2 is 1.74 bits per heavy atom. The van der Waals surface area contributed by atoms with Gasteiger partial charge in [0.25, 0.3) is 0 Å². The molecule has 122 valence electrons. The summed E-state index contributed by atoms with van der Waals surface area (Å²) >= 11 is 0. The van der Waals surface area contributed by atoms with E-state index in [9.17, 15) is 8.60 Å². The molecule has 0 radical (unpaired) electrons. The first-order valence-electron chi connectivity index (χ1n) is 7.65. The van der Waals surface area contributed by atoms with Gasteiger partial charge in [0, 0.05) is 12.2 Å². The van der Waals surface area contributed by atoms with Crippen molar-refractivity contribution in [1.29, 1.82) is 0 Å². The summed E-state index contributed by atoms with van der Waals surface area (Å²) < 4.78 is 24.2. The van der Waals surface area contributed by atoms with Gasteiger partial charge < -0.3 is 5.32 Å². The van der Waals surface area contributed by atoms with Crippen LogP contribution in [-0.2, 0) is 11.0 Å². The number of nitrogens with two attached hydrogens (primary N) is 1. The first-order chi connectivity index (χ1) is 10.9. The molecule has 5 heteroatoms. The standard InChI is InChI=1S/C18H21FN2OS/c1-18(2)16(11-21-14-7-5-13(19)6-8-14)17(18)12-3-9-15(10-4-12)23(20)22/h3-10,16-17,21H,11,20H2,1-2H3. The molecule has 0 spiro atoms. The molecule has 1 aliphatic rings. The number of benzene rings is 2. The van der Waals surface area contributed by atoms with E-state index in [0.717, 1.165) is 12.2 Å². The van der Waals surface area contributed by atoms with Crippen LogP contribution in [0.1, 0.15) is 25.3 Å². The zero-order valence-corrected chi connectivity index (χ0v) is 14.1. The Morgan fingerprint density at radius 3 is 2.30 bits per heavy atom. The van der Waals surface area contributed by atoms with E-state index in [1.807, 2.05) is 24.3 Å². The Balaban J connectivity index is 1.67. The average Bonchev–Trinajstić information content (AvgIpc) is 3.08. The number of nitrogens with one attached hydrogen (secondary N) is 1. The molecule has 3 nitrogen and oxygen atoms in total. The molecule has 1 aliphatic carbocycles. The van der Waals surface area contributed by atoms with Gasteiger partial charge >= 0.3 is 0 Å². The van der Waals surface area contributed by atoms with E-state index in [4.69, 9.17) is 5.14 Å². The molecular formula is C18H21FN2OS. The van der Waals surface area contributed by atoms with Gasteiger partial charge in [-0.05, 0) is 59.2 Å². The summed E-state index contributed by atoms with van der Waals surface area (Å²) in [5.74, 6) is 0.732. The highest BCUT2D eigenvalue weighted by Gasteiger charge is 2.57. The summed E-state index contributed by atoms with van der Waals surface area (Å²) in [7, 11) is -1.43. The molecule has 3 unspecified atom stereocenters. The van der Waals surface area contributed by atoms with Crippen molar-refractivity contribution in [3.05, 3.63) is 59.9 Å². The van der Waals surface area contributed by atoms with Gasteiger partial charge in [0.15, 0.2) is 0 Å². The second-order valence-corrected chi connectivity index (χ2v) is 7.73. The van der Waals surface area contributed by atoms with Crippen LogP contribution in [0.4, 0.5) is 10.1 Å². The Kier molecular flexibility index (Phi) is 4.25. The van der Waals surface area contributed by atoms with E-state index in [1.54, 1.807) is 12.1 Å². The molecule has 1 fully saturated rings. The van der Waals surface area contributed by atoms with E-state index in [-0.39, 0.29) is 11.2 Å². The number of anilines is 1. The second-order valence-electron chi connectivity index (χ2n) is 6.66. The minimum atomic E-state index is -1.43. The Morgan fingerprint density at radius 1 is 1.13 bits per heavy atom. The zero-order valence-electron chi connectivity index (χ0n) is 13.3. The van der Waals surface area contributed by atoms with Crippen LogP contribution >= 0.6 is 0 Å². The molecular weight excluding hydrogens is 311 g/mol. The molecule has 0 aliphatic heterocycles. The van der Waals surface area contributed by atoms with Crippen molar-refractivity contribution in [2.45, 2.75) is 24.7 Å². The van der Waals surface area contributed by atoms with Crippen molar-refractivity contribution in [1.82, 2.24) is 0 Å². The molecule has 23 heavy (non-hydrogen) atoms. The monoisotopic (exact) mass is 332 g/mol. The van der Waals surface area contributed by atoms with Crippen LogP contribution in [0.5, 0.6) is 0 Å². The summed E-state index contributed by atoms with van der Waals surface area (Å²) in [6.45, 7) is 5.35. The summed E-state index contributed by atoms with van der Waals surface area (Å²) in [5, 5.41) is 8.78. The van der Waals surface area contributed by atoms with Gasteiger partial charge in [-0.1, -0.05) is 26.0 Å². The van der Waals surface area contributed by atoms with E-state index >= 15 is 0 Å². The molecule has 0 aromatic heterocycles. The Labute approximate surface area is 138 Å². The van der Waals surface area contributed by atoms with Crippen LogP contribution < -0.4 is 10.5 Å². The van der Waals surface area contributed by atoms with E-state index in [1.165, 1.54) is 17.7 Å². The quantitative estimate of drug-likeness (QED) is 0.878. The van der Waals surface area contributed by atoms with Crippen molar-refractivity contribution in [3.8, 4) is 0 Å². The maximum Gasteiger partial charge on any atom is 0.123 e. The number of hydrogen-bond acceptors (Lipinski definition) is 2. The van der Waals surface area contributed by atoms with Crippen molar-refractivity contribution in [3.63, 3.8) is 0 Å².